The number of amides is 1. The van der Waals surface area contributed by atoms with Crippen molar-refractivity contribution in [3.05, 3.63) is 40.3 Å². The summed E-state index contributed by atoms with van der Waals surface area (Å²) >= 11 is 1.25. The van der Waals surface area contributed by atoms with Crippen molar-refractivity contribution < 1.29 is 13.6 Å². The number of thiophene rings is 1. The summed E-state index contributed by atoms with van der Waals surface area (Å²) in [6.45, 7) is 1.88. The van der Waals surface area contributed by atoms with Gasteiger partial charge in [-0.3, -0.25) is 4.79 Å². The van der Waals surface area contributed by atoms with E-state index in [1.54, 1.807) is 29.0 Å². The van der Waals surface area contributed by atoms with Crippen LogP contribution in [0.3, 0.4) is 0 Å². The van der Waals surface area contributed by atoms with Crippen LogP contribution in [-0.2, 0) is 0 Å². The van der Waals surface area contributed by atoms with E-state index in [1.807, 2.05) is 13.0 Å². The maximum atomic E-state index is 14.2. The van der Waals surface area contributed by atoms with Gasteiger partial charge in [-0.05, 0) is 38.0 Å². The Morgan fingerprint density at radius 2 is 2.30 bits per heavy atom. The number of nitrogens with one attached hydrogen (secondary N) is 1. The number of alkyl halides is 2. The Morgan fingerprint density at radius 1 is 1.48 bits per heavy atom. The molecule has 4 rings (SSSR count). The van der Waals surface area contributed by atoms with E-state index >= 15 is 0 Å². The molecule has 3 aromatic rings. The molecule has 6 nitrogen and oxygen atoms in total. The van der Waals surface area contributed by atoms with Gasteiger partial charge < -0.3 is 11.1 Å². The first-order valence-electron chi connectivity index (χ1n) is 8.70. The third-order valence-corrected chi connectivity index (χ3v) is 5.96. The molecule has 3 N–H and O–H groups in total. The van der Waals surface area contributed by atoms with Crippen molar-refractivity contribution >= 4 is 22.9 Å². The highest BCUT2D eigenvalue weighted by Gasteiger charge is 2.46. The summed E-state index contributed by atoms with van der Waals surface area (Å²) in [6, 6.07) is 3.22. The molecule has 0 radical (unpaired) electrons. The van der Waals surface area contributed by atoms with Gasteiger partial charge in [0.15, 0.2) is 5.65 Å². The number of nitrogens with two attached hydrogens (primary N) is 1. The summed E-state index contributed by atoms with van der Waals surface area (Å²) in [6.07, 6.45) is 3.92. The topological polar surface area (TPSA) is 85.3 Å². The van der Waals surface area contributed by atoms with Crippen LogP contribution >= 0.6 is 11.3 Å². The number of nitrogens with zero attached hydrogens (tertiary/aromatic N) is 3. The van der Waals surface area contributed by atoms with Gasteiger partial charge in [0.2, 0.25) is 0 Å². The van der Waals surface area contributed by atoms with Gasteiger partial charge in [0.25, 0.3) is 11.8 Å². The van der Waals surface area contributed by atoms with Crippen molar-refractivity contribution in [2.75, 3.05) is 0 Å². The van der Waals surface area contributed by atoms with Gasteiger partial charge in [-0.2, -0.15) is 5.10 Å². The number of aromatic nitrogens is 3. The zero-order valence-electron chi connectivity index (χ0n) is 14.7. The highest BCUT2D eigenvalue weighted by atomic mass is 32.1. The summed E-state index contributed by atoms with van der Waals surface area (Å²) in [4.78, 5) is 18.2. The van der Waals surface area contributed by atoms with E-state index in [9.17, 15) is 13.6 Å². The fraction of sp³-hybridized carbons (Fsp3) is 0.389. The van der Waals surface area contributed by atoms with Crippen molar-refractivity contribution in [2.24, 2.45) is 5.73 Å². The van der Waals surface area contributed by atoms with Gasteiger partial charge in [-0.25, -0.2) is 18.3 Å². The molecule has 3 aromatic heterocycles. The third kappa shape index (κ3) is 3.21. The molecule has 1 saturated carbocycles. The minimum atomic E-state index is -2.99. The molecule has 0 aliphatic heterocycles. The van der Waals surface area contributed by atoms with E-state index in [-0.39, 0.29) is 6.42 Å². The van der Waals surface area contributed by atoms with Gasteiger partial charge in [-0.1, -0.05) is 0 Å². The van der Waals surface area contributed by atoms with Crippen molar-refractivity contribution in [2.45, 2.75) is 44.2 Å². The molecular weight excluding hydrogens is 372 g/mol. The van der Waals surface area contributed by atoms with E-state index in [0.29, 0.717) is 23.4 Å². The molecular formula is C18H19F2N5OS. The molecule has 0 aromatic carbocycles. The number of fused-ring (bicyclic) bond motifs is 1. The second-order valence-electron chi connectivity index (χ2n) is 6.79. The fourth-order valence-corrected chi connectivity index (χ4v) is 4.43. The van der Waals surface area contributed by atoms with E-state index < -0.39 is 23.9 Å². The molecule has 0 saturated heterocycles. The second-order valence-corrected chi connectivity index (χ2v) is 8.04. The second kappa shape index (κ2) is 6.65. The first-order chi connectivity index (χ1) is 12.9. The number of halogens is 2. The fourth-order valence-electron chi connectivity index (χ4n) is 3.50. The lowest BCUT2D eigenvalue weighted by Gasteiger charge is -2.36. The smallest absolute Gasteiger partial charge is 0.269 e. The van der Waals surface area contributed by atoms with Gasteiger partial charge in [0.05, 0.1) is 16.8 Å². The summed E-state index contributed by atoms with van der Waals surface area (Å²) in [7, 11) is 0. The number of carbonyl (C=O) groups is 1. The first kappa shape index (κ1) is 18.0. The van der Waals surface area contributed by atoms with Crippen LogP contribution in [0.25, 0.3) is 16.9 Å². The van der Waals surface area contributed by atoms with Gasteiger partial charge in [0, 0.05) is 29.1 Å². The monoisotopic (exact) mass is 391 g/mol. The summed E-state index contributed by atoms with van der Waals surface area (Å²) in [5.41, 5.74) is 8.09. The molecule has 1 aliphatic carbocycles. The largest absolute Gasteiger partial charge is 0.341 e. The lowest BCUT2D eigenvalue weighted by Crippen LogP contribution is -2.59. The maximum absolute atomic E-state index is 14.2. The van der Waals surface area contributed by atoms with Crippen molar-refractivity contribution in [1.29, 1.82) is 0 Å². The Hall–Kier alpha value is -2.39. The quantitative estimate of drug-likeness (QED) is 0.719. The first-order valence-corrected chi connectivity index (χ1v) is 9.52. The Labute approximate surface area is 158 Å². The average Bonchev–Trinajstić information content (AvgIpc) is 3.21. The zero-order chi connectivity index (χ0) is 19.2. The normalized spacial score (nSPS) is 22.1. The van der Waals surface area contributed by atoms with Crippen LogP contribution in [0.5, 0.6) is 0 Å². The van der Waals surface area contributed by atoms with E-state index in [4.69, 9.17) is 5.73 Å². The third-order valence-electron chi connectivity index (χ3n) is 4.91. The molecule has 27 heavy (non-hydrogen) atoms. The standard InChI is InChI=1S/C18H19F2N5OS/c1-10-11(13-9-22-15-5-3-7-23-25(13)15)8-14(27-10)17(26)24-16-12(21)4-2-6-18(16,19)20/h3,5,7-9,12,16H,2,4,6,21H2,1H3,(H,24,26)/t12-,16+/m0/s1. The molecule has 142 valence electrons. The Balaban J connectivity index is 1.62. The minimum Gasteiger partial charge on any atom is -0.341 e. The molecule has 9 heteroatoms. The van der Waals surface area contributed by atoms with Crippen LogP contribution in [0.2, 0.25) is 0 Å². The molecule has 1 aliphatic rings. The van der Waals surface area contributed by atoms with Gasteiger partial charge >= 0.3 is 0 Å². The zero-order valence-corrected chi connectivity index (χ0v) is 15.5. The number of rotatable bonds is 3. The molecule has 3 heterocycles. The Bertz CT molecular complexity index is 999. The lowest BCUT2D eigenvalue weighted by atomic mass is 9.87. The van der Waals surface area contributed by atoms with E-state index in [0.717, 1.165) is 16.1 Å². The predicted molar refractivity (Wildman–Crippen MR) is 99.1 cm³/mol. The maximum Gasteiger partial charge on any atom is 0.269 e. The number of hydrogen-bond acceptors (Lipinski definition) is 5. The van der Waals surface area contributed by atoms with Crippen LogP contribution in [-0.4, -0.2) is 38.5 Å². The summed E-state index contributed by atoms with van der Waals surface area (Å²) in [5.74, 6) is -3.52. The lowest BCUT2D eigenvalue weighted by molar-refractivity contribution is -0.0674. The highest BCUT2D eigenvalue weighted by Crippen LogP contribution is 2.34. The number of imidazole rings is 1. The van der Waals surface area contributed by atoms with Gasteiger partial charge in [0.1, 0.15) is 6.04 Å². The van der Waals surface area contributed by atoms with Crippen LogP contribution in [0.4, 0.5) is 8.78 Å². The molecule has 1 fully saturated rings. The minimum absolute atomic E-state index is 0.256. The molecule has 0 unspecified atom stereocenters. The molecule has 0 bridgehead atoms. The van der Waals surface area contributed by atoms with Crippen molar-refractivity contribution in [3.63, 3.8) is 0 Å². The Morgan fingerprint density at radius 3 is 3.07 bits per heavy atom. The Kier molecular flexibility index (Phi) is 4.43. The van der Waals surface area contributed by atoms with E-state index in [1.165, 1.54) is 11.3 Å². The number of hydrogen-bond donors (Lipinski definition) is 2. The number of aryl methyl sites for hydroxylation is 1. The predicted octanol–water partition coefficient (Wildman–Crippen LogP) is 3.01. The molecule has 1 amide bonds. The molecule has 0 spiro atoms. The van der Waals surface area contributed by atoms with E-state index in [2.05, 4.69) is 15.4 Å². The molecule has 2 atom stereocenters. The highest BCUT2D eigenvalue weighted by molar-refractivity contribution is 7.14. The van der Waals surface area contributed by atoms with Crippen molar-refractivity contribution in [3.8, 4) is 11.3 Å². The summed E-state index contributed by atoms with van der Waals surface area (Å²) in [5, 5.41) is 6.73. The SMILES string of the molecule is Cc1sc(C(=O)N[C@@H]2[C@@H](N)CCCC2(F)F)cc1-c1cnc2cccnn12. The van der Waals surface area contributed by atoms with Crippen molar-refractivity contribution in [1.82, 2.24) is 19.9 Å². The van der Waals surface area contributed by atoms with Crippen LogP contribution in [0.1, 0.15) is 33.8 Å². The van der Waals surface area contributed by atoms with Crippen LogP contribution in [0, 0.1) is 6.92 Å². The van der Waals surface area contributed by atoms with Gasteiger partial charge in [-0.15, -0.1) is 11.3 Å². The average molecular weight is 391 g/mol. The van der Waals surface area contributed by atoms with Crippen LogP contribution < -0.4 is 11.1 Å². The summed E-state index contributed by atoms with van der Waals surface area (Å²) < 4.78 is 30.0. The number of carbonyl (C=O) groups excluding carboxylic acids is 1. The van der Waals surface area contributed by atoms with Crippen LogP contribution in [0.15, 0.2) is 30.6 Å².